The van der Waals surface area contributed by atoms with Crippen LogP contribution in [0.4, 0.5) is 5.69 Å². The molecule has 0 aliphatic heterocycles. The SMILES string of the molecule is N#C/C(=C\c1ccco1)C(=O)OCC(=O)Nc1ccc(Cl)cc1Cl. The van der Waals surface area contributed by atoms with E-state index < -0.39 is 18.5 Å². The smallest absolute Gasteiger partial charge is 0.349 e. The molecular weight excluding hydrogens is 355 g/mol. The Morgan fingerprint density at radius 1 is 1.33 bits per heavy atom. The van der Waals surface area contributed by atoms with Crippen molar-refractivity contribution in [3.63, 3.8) is 0 Å². The highest BCUT2D eigenvalue weighted by molar-refractivity contribution is 6.36. The fraction of sp³-hybridized carbons (Fsp3) is 0.0625. The van der Waals surface area contributed by atoms with Crippen LogP contribution in [0.15, 0.2) is 46.6 Å². The van der Waals surface area contributed by atoms with Crippen LogP contribution < -0.4 is 5.32 Å². The predicted octanol–water partition coefficient (Wildman–Crippen LogP) is 3.68. The molecule has 0 bridgehead atoms. The van der Waals surface area contributed by atoms with Gasteiger partial charge in [0.2, 0.25) is 0 Å². The Kier molecular flexibility index (Phi) is 6.01. The van der Waals surface area contributed by atoms with Crippen molar-refractivity contribution < 1.29 is 18.7 Å². The summed E-state index contributed by atoms with van der Waals surface area (Å²) in [5.74, 6) is -1.23. The highest BCUT2D eigenvalue weighted by Gasteiger charge is 2.14. The fourth-order valence-corrected chi connectivity index (χ4v) is 2.09. The summed E-state index contributed by atoms with van der Waals surface area (Å²) in [6, 6.07) is 9.39. The summed E-state index contributed by atoms with van der Waals surface area (Å²) in [7, 11) is 0. The number of amides is 1. The second-order valence-corrected chi connectivity index (χ2v) is 5.28. The number of rotatable bonds is 5. The lowest BCUT2D eigenvalue weighted by Gasteiger charge is -2.08. The van der Waals surface area contributed by atoms with Crippen molar-refractivity contribution in [3.8, 4) is 6.07 Å². The van der Waals surface area contributed by atoms with Crippen molar-refractivity contribution in [2.24, 2.45) is 0 Å². The molecule has 0 saturated carbocycles. The first-order valence-corrected chi connectivity index (χ1v) is 7.32. The predicted molar refractivity (Wildman–Crippen MR) is 88.3 cm³/mol. The number of hydrogen-bond donors (Lipinski definition) is 1. The van der Waals surface area contributed by atoms with Gasteiger partial charge in [0.05, 0.1) is 17.0 Å². The Morgan fingerprint density at radius 3 is 2.75 bits per heavy atom. The zero-order valence-corrected chi connectivity index (χ0v) is 13.6. The Morgan fingerprint density at radius 2 is 2.12 bits per heavy atom. The van der Waals surface area contributed by atoms with Gasteiger partial charge in [-0.15, -0.1) is 0 Å². The van der Waals surface area contributed by atoms with E-state index >= 15 is 0 Å². The molecule has 8 heteroatoms. The molecule has 0 saturated heterocycles. The van der Waals surface area contributed by atoms with Crippen molar-refractivity contribution in [2.75, 3.05) is 11.9 Å². The van der Waals surface area contributed by atoms with E-state index in [1.807, 2.05) is 0 Å². The number of nitrogens with zero attached hydrogens (tertiary/aromatic N) is 1. The number of anilines is 1. The summed E-state index contributed by atoms with van der Waals surface area (Å²) in [5, 5.41) is 12.1. The standard InChI is InChI=1S/C16H10Cl2N2O4/c17-11-3-4-14(13(18)7-11)20-15(21)9-24-16(22)10(8-19)6-12-2-1-5-23-12/h1-7H,9H2,(H,20,21)/b10-6+. The van der Waals surface area contributed by atoms with E-state index in [1.165, 1.54) is 24.5 Å². The van der Waals surface area contributed by atoms with Crippen LogP contribution in [0.25, 0.3) is 6.08 Å². The highest BCUT2D eigenvalue weighted by atomic mass is 35.5. The molecule has 0 atom stereocenters. The van der Waals surface area contributed by atoms with Crippen molar-refractivity contribution in [3.05, 3.63) is 58.0 Å². The van der Waals surface area contributed by atoms with Crippen LogP contribution in [0.1, 0.15) is 5.76 Å². The number of furan rings is 1. The van der Waals surface area contributed by atoms with Crippen molar-refractivity contribution in [1.82, 2.24) is 0 Å². The van der Waals surface area contributed by atoms with E-state index in [0.29, 0.717) is 16.5 Å². The van der Waals surface area contributed by atoms with Gasteiger partial charge in [-0.3, -0.25) is 4.79 Å². The van der Waals surface area contributed by atoms with E-state index in [-0.39, 0.29) is 10.6 Å². The van der Waals surface area contributed by atoms with Crippen LogP contribution in [0.3, 0.4) is 0 Å². The third kappa shape index (κ3) is 4.88. The molecule has 1 N–H and O–H groups in total. The molecule has 2 aromatic rings. The van der Waals surface area contributed by atoms with Gasteiger partial charge in [-0.05, 0) is 30.3 Å². The average molecular weight is 365 g/mol. The van der Waals surface area contributed by atoms with E-state index in [0.717, 1.165) is 0 Å². The molecule has 2 rings (SSSR count). The molecule has 122 valence electrons. The van der Waals surface area contributed by atoms with E-state index in [4.69, 9.17) is 37.6 Å². The number of benzene rings is 1. The van der Waals surface area contributed by atoms with Gasteiger partial charge in [0.1, 0.15) is 17.4 Å². The van der Waals surface area contributed by atoms with E-state index in [9.17, 15) is 9.59 Å². The van der Waals surface area contributed by atoms with Gasteiger partial charge in [0.15, 0.2) is 6.61 Å². The monoisotopic (exact) mass is 364 g/mol. The van der Waals surface area contributed by atoms with Crippen LogP contribution in [-0.4, -0.2) is 18.5 Å². The minimum absolute atomic E-state index is 0.248. The maximum absolute atomic E-state index is 11.8. The molecule has 0 radical (unpaired) electrons. The number of esters is 1. The van der Waals surface area contributed by atoms with Gasteiger partial charge in [0, 0.05) is 11.1 Å². The second-order valence-electron chi connectivity index (χ2n) is 4.43. The molecule has 0 aliphatic rings. The molecule has 24 heavy (non-hydrogen) atoms. The third-order valence-electron chi connectivity index (χ3n) is 2.71. The summed E-state index contributed by atoms with van der Waals surface area (Å²) in [4.78, 5) is 23.6. The molecule has 0 aliphatic carbocycles. The summed E-state index contributed by atoms with van der Waals surface area (Å²) in [5.41, 5.74) is 0.0380. The summed E-state index contributed by atoms with van der Waals surface area (Å²) in [6.45, 7) is -0.574. The molecule has 0 spiro atoms. The largest absolute Gasteiger partial charge is 0.465 e. The number of carbonyl (C=O) groups is 2. The summed E-state index contributed by atoms with van der Waals surface area (Å²) in [6.07, 6.45) is 2.62. The Hall–Kier alpha value is -2.75. The summed E-state index contributed by atoms with van der Waals surface area (Å²) >= 11 is 11.7. The van der Waals surface area contributed by atoms with Crippen LogP contribution in [0, 0.1) is 11.3 Å². The first kappa shape index (κ1) is 17.6. The highest BCUT2D eigenvalue weighted by Crippen LogP contribution is 2.25. The van der Waals surface area contributed by atoms with E-state index in [1.54, 1.807) is 24.3 Å². The van der Waals surface area contributed by atoms with Gasteiger partial charge in [-0.2, -0.15) is 5.26 Å². The molecule has 1 heterocycles. The minimum Gasteiger partial charge on any atom is -0.465 e. The number of halogens is 2. The van der Waals surface area contributed by atoms with Crippen molar-refractivity contribution in [1.29, 1.82) is 5.26 Å². The lowest BCUT2D eigenvalue weighted by atomic mass is 10.2. The van der Waals surface area contributed by atoms with Crippen molar-refractivity contribution in [2.45, 2.75) is 0 Å². The number of nitriles is 1. The minimum atomic E-state index is -0.939. The Labute approximate surface area is 147 Å². The van der Waals surface area contributed by atoms with Crippen LogP contribution >= 0.6 is 23.2 Å². The van der Waals surface area contributed by atoms with Gasteiger partial charge in [0.25, 0.3) is 5.91 Å². The van der Waals surface area contributed by atoms with Crippen molar-refractivity contribution >= 4 is 46.8 Å². The molecule has 1 aromatic carbocycles. The van der Waals surface area contributed by atoms with Gasteiger partial charge < -0.3 is 14.5 Å². The first-order valence-electron chi connectivity index (χ1n) is 6.57. The molecule has 0 unspecified atom stereocenters. The summed E-state index contributed by atoms with van der Waals surface area (Å²) < 4.78 is 9.79. The van der Waals surface area contributed by atoms with Crippen LogP contribution in [-0.2, 0) is 14.3 Å². The lowest BCUT2D eigenvalue weighted by Crippen LogP contribution is -2.21. The number of carbonyl (C=O) groups excluding carboxylic acids is 2. The van der Waals surface area contributed by atoms with Crippen LogP contribution in [0.2, 0.25) is 10.0 Å². The average Bonchev–Trinajstić information content (AvgIpc) is 3.06. The molecular formula is C16H10Cl2N2O4. The van der Waals surface area contributed by atoms with E-state index in [2.05, 4.69) is 5.32 Å². The second kappa shape index (κ2) is 8.20. The third-order valence-corrected chi connectivity index (χ3v) is 3.26. The molecule has 1 aromatic heterocycles. The topological polar surface area (TPSA) is 92.3 Å². The van der Waals surface area contributed by atoms with Gasteiger partial charge in [-0.25, -0.2) is 4.79 Å². The van der Waals surface area contributed by atoms with Crippen LogP contribution in [0.5, 0.6) is 0 Å². The molecule has 6 nitrogen and oxygen atoms in total. The molecule has 0 fully saturated rings. The zero-order chi connectivity index (χ0) is 17.5. The number of nitrogens with one attached hydrogen (secondary N) is 1. The molecule has 1 amide bonds. The normalized spacial score (nSPS) is 10.8. The lowest BCUT2D eigenvalue weighted by molar-refractivity contribution is -0.142. The van der Waals surface area contributed by atoms with Gasteiger partial charge >= 0.3 is 5.97 Å². The maximum atomic E-state index is 11.8. The van der Waals surface area contributed by atoms with Gasteiger partial charge in [-0.1, -0.05) is 23.2 Å². The number of ether oxygens (including phenoxy) is 1. The Bertz CT molecular complexity index is 823. The fourth-order valence-electron chi connectivity index (χ4n) is 1.64. The maximum Gasteiger partial charge on any atom is 0.349 e. The Balaban J connectivity index is 1.93. The first-order chi connectivity index (χ1) is 11.5. The quantitative estimate of drug-likeness (QED) is 0.496. The zero-order valence-electron chi connectivity index (χ0n) is 12.1. The number of hydrogen-bond acceptors (Lipinski definition) is 5.